The molecule has 0 unspecified atom stereocenters. The van der Waals surface area contributed by atoms with Crippen LogP contribution in [0.25, 0.3) is 39.2 Å². The van der Waals surface area contributed by atoms with Gasteiger partial charge in [0.05, 0.1) is 59.7 Å². The Morgan fingerprint density at radius 2 is 1.32 bits per heavy atom. The normalized spacial score (nSPS) is 17.2. The van der Waals surface area contributed by atoms with Crippen molar-refractivity contribution in [3.8, 4) is 28.2 Å². The first-order valence-electron chi connectivity index (χ1n) is 18.3. The van der Waals surface area contributed by atoms with Crippen molar-refractivity contribution >= 4 is 22.8 Å². The van der Waals surface area contributed by atoms with Crippen LogP contribution in [-0.4, -0.2) is 69.6 Å². The number of likely N-dealkylation sites (tertiary alicyclic amines) is 2. The Balaban J connectivity index is 0.872. The van der Waals surface area contributed by atoms with E-state index in [1.165, 1.54) is 0 Å². The van der Waals surface area contributed by atoms with Crippen LogP contribution in [0, 0.1) is 0 Å². The average molecular weight is 702 g/mol. The molecule has 3 aromatic heterocycles. The monoisotopic (exact) mass is 701 g/mol. The summed E-state index contributed by atoms with van der Waals surface area (Å²) < 4.78 is 1.77. The van der Waals surface area contributed by atoms with E-state index < -0.39 is 0 Å². The fourth-order valence-electron chi connectivity index (χ4n) is 7.76. The number of hydrogen-bond donors (Lipinski definition) is 2. The molecule has 2 aliphatic rings. The minimum absolute atomic E-state index is 0.0478. The topological polar surface area (TPSA) is 129 Å². The number of aromatic nitrogens is 7. The minimum atomic E-state index is -0.0668. The number of carbonyl (C=O) groups is 2. The Morgan fingerprint density at radius 3 is 1.98 bits per heavy atom. The molecular weight excluding hydrogens is 663 g/mol. The highest BCUT2D eigenvalue weighted by Gasteiger charge is 2.33. The summed E-state index contributed by atoms with van der Waals surface area (Å²) in [6, 6.07) is 33.8. The first-order valence-corrected chi connectivity index (χ1v) is 18.3. The second kappa shape index (κ2) is 14.0. The van der Waals surface area contributed by atoms with Crippen molar-refractivity contribution in [1.82, 2.24) is 44.7 Å². The third-order valence-electron chi connectivity index (χ3n) is 10.5. The van der Waals surface area contributed by atoms with Gasteiger partial charge in [-0.15, -0.1) is 5.10 Å². The number of amides is 2. The van der Waals surface area contributed by atoms with E-state index in [1.807, 2.05) is 125 Å². The van der Waals surface area contributed by atoms with E-state index in [9.17, 15) is 9.59 Å². The zero-order chi connectivity index (χ0) is 35.7. The van der Waals surface area contributed by atoms with E-state index in [0.29, 0.717) is 12.8 Å². The lowest BCUT2D eigenvalue weighted by molar-refractivity contribution is -0.132. The van der Waals surface area contributed by atoms with E-state index in [0.717, 1.165) is 101 Å². The quantitative estimate of drug-likeness (QED) is 0.167. The van der Waals surface area contributed by atoms with Crippen molar-refractivity contribution in [3.05, 3.63) is 138 Å². The fraction of sp³-hybridized carbons (Fsp3) is 0.238. The summed E-state index contributed by atoms with van der Waals surface area (Å²) in [6.07, 6.45) is 8.25. The Morgan fingerprint density at radius 1 is 0.698 bits per heavy atom. The van der Waals surface area contributed by atoms with Gasteiger partial charge in [-0.05, 0) is 60.6 Å². The van der Waals surface area contributed by atoms with Crippen LogP contribution in [0.2, 0.25) is 0 Å². The van der Waals surface area contributed by atoms with Crippen molar-refractivity contribution < 1.29 is 9.59 Å². The Labute approximate surface area is 306 Å². The zero-order valence-electron chi connectivity index (χ0n) is 29.2. The first kappa shape index (κ1) is 32.5. The van der Waals surface area contributed by atoms with Crippen molar-refractivity contribution in [2.75, 3.05) is 13.1 Å². The van der Waals surface area contributed by atoms with Crippen LogP contribution in [0.15, 0.2) is 116 Å². The summed E-state index contributed by atoms with van der Waals surface area (Å²) in [4.78, 5) is 46.9. The standard InChI is InChI=1S/C42H39N9O2/c52-39(23-28-9-3-1-4-10-28)49-21-7-13-37(49)41-43-26-35(46-41)30-15-17-31(18-16-30)36-27-51(48-47-36)32-19-20-33-34(25-32)45-42(44-33)38-14-8-22-50(38)40(53)24-29-11-5-2-6-12-29/h1-6,9-12,15-20,25-27,37-38H,7-8,13-14,21-24H2,(H,43,46)(H,44,45)/t37-,38-/m0/s1. The van der Waals surface area contributed by atoms with Gasteiger partial charge in [-0.1, -0.05) is 90.1 Å². The van der Waals surface area contributed by atoms with Crippen molar-refractivity contribution in [2.45, 2.75) is 50.6 Å². The molecule has 2 atom stereocenters. The number of carbonyl (C=O) groups excluding carboxylic acids is 2. The molecule has 0 aliphatic carbocycles. The molecule has 264 valence electrons. The molecule has 0 bridgehead atoms. The third-order valence-corrected chi connectivity index (χ3v) is 10.5. The van der Waals surface area contributed by atoms with Gasteiger partial charge in [-0.3, -0.25) is 9.59 Å². The largest absolute Gasteiger partial charge is 0.340 e. The van der Waals surface area contributed by atoms with Crippen LogP contribution in [0.4, 0.5) is 0 Å². The van der Waals surface area contributed by atoms with Gasteiger partial charge in [0.1, 0.15) is 17.3 Å². The molecule has 4 aromatic carbocycles. The minimum Gasteiger partial charge on any atom is -0.340 e. The number of aromatic amines is 2. The Kier molecular flexibility index (Phi) is 8.59. The zero-order valence-corrected chi connectivity index (χ0v) is 29.2. The molecule has 7 aromatic rings. The second-order valence-electron chi connectivity index (χ2n) is 13.9. The summed E-state index contributed by atoms with van der Waals surface area (Å²) in [5.41, 5.74) is 8.26. The van der Waals surface area contributed by atoms with Crippen molar-refractivity contribution in [1.29, 1.82) is 0 Å². The number of benzene rings is 4. The summed E-state index contributed by atoms with van der Waals surface area (Å²) in [5.74, 6) is 1.90. The van der Waals surface area contributed by atoms with E-state index in [1.54, 1.807) is 4.68 Å². The SMILES string of the molecule is O=C(Cc1ccccc1)N1CCC[C@H]1c1ncc(-c2ccc(-c3cn(-c4ccc5nc([C@@H]6CCCN6C(=O)Cc6ccccc6)[nH]c5c4)nn3)cc2)[nH]1. The van der Waals surface area contributed by atoms with Gasteiger partial charge in [0.25, 0.3) is 0 Å². The molecule has 2 amide bonds. The molecule has 9 rings (SSSR count). The van der Waals surface area contributed by atoms with E-state index >= 15 is 0 Å². The van der Waals surface area contributed by atoms with Gasteiger partial charge in [0, 0.05) is 18.7 Å². The fourth-order valence-corrected chi connectivity index (χ4v) is 7.76. The van der Waals surface area contributed by atoms with Crippen LogP contribution in [-0.2, 0) is 22.4 Å². The molecule has 11 nitrogen and oxygen atoms in total. The Hall–Kier alpha value is -6.36. The number of imidazole rings is 2. The maximum absolute atomic E-state index is 13.2. The van der Waals surface area contributed by atoms with Gasteiger partial charge in [-0.25, -0.2) is 14.6 Å². The molecule has 0 radical (unpaired) electrons. The molecule has 2 saturated heterocycles. The van der Waals surface area contributed by atoms with Crippen molar-refractivity contribution in [2.24, 2.45) is 0 Å². The molecule has 5 heterocycles. The lowest BCUT2D eigenvalue weighted by Gasteiger charge is -2.23. The molecular formula is C42H39N9O2. The van der Waals surface area contributed by atoms with Gasteiger partial charge >= 0.3 is 0 Å². The van der Waals surface area contributed by atoms with Gasteiger partial charge in [-0.2, -0.15) is 0 Å². The number of H-pyrrole nitrogens is 2. The lowest BCUT2D eigenvalue weighted by Crippen LogP contribution is -2.32. The van der Waals surface area contributed by atoms with Crippen LogP contribution in [0.5, 0.6) is 0 Å². The van der Waals surface area contributed by atoms with Crippen LogP contribution < -0.4 is 0 Å². The molecule has 2 fully saturated rings. The van der Waals surface area contributed by atoms with Crippen molar-refractivity contribution in [3.63, 3.8) is 0 Å². The smallest absolute Gasteiger partial charge is 0.227 e. The van der Waals surface area contributed by atoms with E-state index in [4.69, 9.17) is 9.97 Å². The van der Waals surface area contributed by atoms with E-state index in [2.05, 4.69) is 20.3 Å². The van der Waals surface area contributed by atoms with E-state index in [-0.39, 0.29) is 23.9 Å². The lowest BCUT2D eigenvalue weighted by atomic mass is 10.1. The predicted octanol–water partition coefficient (Wildman–Crippen LogP) is 7.01. The summed E-state index contributed by atoms with van der Waals surface area (Å²) >= 11 is 0. The Bertz CT molecular complexity index is 2380. The summed E-state index contributed by atoms with van der Waals surface area (Å²) in [7, 11) is 0. The maximum atomic E-state index is 13.2. The highest BCUT2D eigenvalue weighted by atomic mass is 16.2. The third kappa shape index (κ3) is 6.61. The number of rotatable bonds is 9. The van der Waals surface area contributed by atoms with Gasteiger partial charge < -0.3 is 19.8 Å². The number of nitrogens with zero attached hydrogens (tertiary/aromatic N) is 7. The predicted molar refractivity (Wildman–Crippen MR) is 202 cm³/mol. The van der Waals surface area contributed by atoms with Crippen LogP contribution in [0.1, 0.15) is 60.5 Å². The molecule has 0 saturated carbocycles. The summed E-state index contributed by atoms with van der Waals surface area (Å²) in [5, 5.41) is 8.91. The highest BCUT2D eigenvalue weighted by molar-refractivity contribution is 5.81. The number of fused-ring (bicyclic) bond motifs is 1. The molecule has 11 heteroatoms. The average Bonchev–Trinajstić information content (AvgIpc) is 4.04. The highest BCUT2D eigenvalue weighted by Crippen LogP contribution is 2.34. The van der Waals surface area contributed by atoms with Crippen LogP contribution >= 0.6 is 0 Å². The first-order chi connectivity index (χ1) is 26.1. The number of hydrogen-bond acceptors (Lipinski definition) is 6. The second-order valence-corrected chi connectivity index (χ2v) is 13.9. The molecule has 2 N–H and O–H groups in total. The molecule has 53 heavy (non-hydrogen) atoms. The maximum Gasteiger partial charge on any atom is 0.227 e. The van der Waals surface area contributed by atoms with Gasteiger partial charge in [0.2, 0.25) is 11.8 Å². The number of nitrogens with one attached hydrogen (secondary N) is 2. The summed E-state index contributed by atoms with van der Waals surface area (Å²) in [6.45, 7) is 1.48. The molecule has 2 aliphatic heterocycles. The van der Waals surface area contributed by atoms with Crippen LogP contribution in [0.3, 0.4) is 0 Å². The molecule has 0 spiro atoms. The van der Waals surface area contributed by atoms with Gasteiger partial charge in [0.15, 0.2) is 0 Å².